The molecule has 3 aliphatic rings. The van der Waals surface area contributed by atoms with Gasteiger partial charge in [0.05, 0.1) is 33.4 Å². The van der Waals surface area contributed by atoms with E-state index in [0.717, 1.165) is 0 Å². The number of nitro benzene ring substituents is 1. The van der Waals surface area contributed by atoms with Crippen molar-refractivity contribution < 1.29 is 23.7 Å². The molecule has 37 heavy (non-hydrogen) atoms. The van der Waals surface area contributed by atoms with Crippen LogP contribution in [0.3, 0.4) is 0 Å². The molecular formula is C28H36N2O6Si. The Labute approximate surface area is 218 Å². The van der Waals surface area contributed by atoms with E-state index < -0.39 is 36.3 Å². The molecule has 8 nitrogen and oxygen atoms in total. The highest BCUT2D eigenvalue weighted by Gasteiger charge is 2.72. The SMILES string of the molecule is C.CC12C=CC(CCO[Si](C)(C)C(C)(C)C)(O1)[C@@H]1C(=O)N(c3ccc([N+](=O)[O-])c4ccccc34)C(=O)[C@@H]12. The highest BCUT2D eigenvalue weighted by Crippen LogP contribution is 2.59. The molecule has 2 bridgehead atoms. The standard InChI is InChI=1S/C27H32N2O6Si.CH4/c1-25(2,3)36(5,6)34-16-15-27-14-13-26(4,35-27)21-22(27)24(31)28(23(21)30)19-11-12-20(29(32)33)18-10-8-7-9-17(18)19;/h7-14,21-22H,15-16H2,1-6H3;1H4/t21-,22+,26?,27?;/m1./s1. The first kappa shape index (κ1) is 27.2. The van der Waals surface area contributed by atoms with Gasteiger partial charge in [0.2, 0.25) is 11.8 Å². The van der Waals surface area contributed by atoms with E-state index in [0.29, 0.717) is 29.5 Å². The number of ether oxygens (including phenoxy) is 1. The van der Waals surface area contributed by atoms with Gasteiger partial charge in [-0.1, -0.05) is 58.5 Å². The predicted octanol–water partition coefficient (Wildman–Crippen LogP) is 6.00. The molecule has 2 aromatic rings. The Bertz CT molecular complexity index is 1330. The van der Waals surface area contributed by atoms with Crippen LogP contribution in [-0.2, 0) is 18.8 Å². The van der Waals surface area contributed by atoms with Gasteiger partial charge in [0, 0.05) is 24.5 Å². The minimum Gasteiger partial charge on any atom is -0.417 e. The third-order valence-electron chi connectivity index (χ3n) is 8.63. The van der Waals surface area contributed by atoms with Crippen LogP contribution in [0.5, 0.6) is 0 Å². The lowest BCUT2D eigenvalue weighted by Crippen LogP contribution is -2.44. The van der Waals surface area contributed by atoms with Crippen molar-refractivity contribution in [2.45, 2.75) is 70.9 Å². The van der Waals surface area contributed by atoms with Crippen LogP contribution in [0, 0.1) is 22.0 Å². The summed E-state index contributed by atoms with van der Waals surface area (Å²) in [6.45, 7) is 13.2. The number of nitrogens with zero attached hydrogens (tertiary/aromatic N) is 2. The summed E-state index contributed by atoms with van der Waals surface area (Å²) in [5, 5.41) is 12.5. The van der Waals surface area contributed by atoms with Crippen LogP contribution in [0.25, 0.3) is 10.8 Å². The lowest BCUT2D eigenvalue weighted by molar-refractivity contribution is -0.383. The number of hydrogen-bond donors (Lipinski definition) is 0. The van der Waals surface area contributed by atoms with E-state index >= 15 is 0 Å². The quantitative estimate of drug-likeness (QED) is 0.151. The maximum absolute atomic E-state index is 13.9. The number of carbonyl (C=O) groups is 2. The molecule has 9 heteroatoms. The molecule has 0 radical (unpaired) electrons. The van der Waals surface area contributed by atoms with Crippen molar-refractivity contribution >= 4 is 42.3 Å². The van der Waals surface area contributed by atoms with Crippen LogP contribution < -0.4 is 4.90 Å². The Morgan fingerprint density at radius 3 is 2.30 bits per heavy atom. The van der Waals surface area contributed by atoms with Gasteiger partial charge in [0.25, 0.3) is 5.69 Å². The van der Waals surface area contributed by atoms with Crippen molar-refractivity contribution in [1.82, 2.24) is 0 Å². The molecule has 0 N–H and O–H groups in total. The molecule has 0 spiro atoms. The van der Waals surface area contributed by atoms with Gasteiger partial charge in [0.1, 0.15) is 5.60 Å². The summed E-state index contributed by atoms with van der Waals surface area (Å²) >= 11 is 0. The van der Waals surface area contributed by atoms with Gasteiger partial charge in [0.15, 0.2) is 8.32 Å². The van der Waals surface area contributed by atoms with Crippen LogP contribution in [0.4, 0.5) is 11.4 Å². The maximum Gasteiger partial charge on any atom is 0.277 e. The summed E-state index contributed by atoms with van der Waals surface area (Å²) in [4.78, 5) is 40.1. The second kappa shape index (κ2) is 8.57. The Morgan fingerprint density at radius 1 is 1.05 bits per heavy atom. The van der Waals surface area contributed by atoms with Crippen molar-refractivity contribution in [3.05, 3.63) is 58.7 Å². The minimum absolute atomic E-state index is 0. The molecular weight excluding hydrogens is 488 g/mol. The van der Waals surface area contributed by atoms with Gasteiger partial charge in [-0.25, -0.2) is 4.90 Å². The summed E-state index contributed by atoms with van der Waals surface area (Å²) in [5.74, 6) is -1.98. The number of anilines is 1. The topological polar surface area (TPSA) is 99.0 Å². The lowest BCUT2D eigenvalue weighted by Gasteiger charge is -2.37. The van der Waals surface area contributed by atoms with E-state index in [4.69, 9.17) is 9.16 Å². The summed E-state index contributed by atoms with van der Waals surface area (Å²) in [6, 6.07) is 9.66. The van der Waals surface area contributed by atoms with Crippen LogP contribution in [0.15, 0.2) is 48.6 Å². The molecule has 0 saturated carbocycles. The maximum atomic E-state index is 13.9. The van der Waals surface area contributed by atoms with Crippen LogP contribution in [0.2, 0.25) is 18.1 Å². The van der Waals surface area contributed by atoms with Gasteiger partial charge >= 0.3 is 0 Å². The molecule has 3 heterocycles. The van der Waals surface area contributed by atoms with E-state index in [1.165, 1.54) is 17.0 Å². The number of non-ortho nitro benzene ring substituents is 1. The lowest BCUT2D eigenvalue weighted by atomic mass is 9.71. The van der Waals surface area contributed by atoms with Crippen molar-refractivity contribution in [1.29, 1.82) is 0 Å². The average Bonchev–Trinajstić information content (AvgIpc) is 3.36. The average molecular weight is 525 g/mol. The molecule has 3 aliphatic heterocycles. The van der Waals surface area contributed by atoms with E-state index in [1.54, 1.807) is 24.3 Å². The smallest absolute Gasteiger partial charge is 0.277 e. The van der Waals surface area contributed by atoms with E-state index in [2.05, 4.69) is 33.9 Å². The van der Waals surface area contributed by atoms with Gasteiger partial charge in [-0.15, -0.1) is 0 Å². The minimum atomic E-state index is -2.00. The molecule has 0 aromatic heterocycles. The molecule has 2 unspecified atom stereocenters. The summed E-state index contributed by atoms with van der Waals surface area (Å²) in [5.41, 5.74) is -1.50. The normalized spacial score (nSPS) is 28.6. The number of hydrogen-bond acceptors (Lipinski definition) is 6. The van der Waals surface area contributed by atoms with E-state index in [1.807, 2.05) is 19.1 Å². The summed E-state index contributed by atoms with van der Waals surface area (Å²) < 4.78 is 12.8. The number of amides is 2. The van der Waals surface area contributed by atoms with E-state index in [-0.39, 0.29) is 30.0 Å². The number of carbonyl (C=O) groups excluding carboxylic acids is 2. The van der Waals surface area contributed by atoms with E-state index in [9.17, 15) is 19.7 Å². The molecule has 4 atom stereocenters. The fraction of sp³-hybridized carbons (Fsp3) is 0.500. The van der Waals surface area contributed by atoms with Gasteiger partial charge in [-0.05, 0) is 37.2 Å². The second-order valence-electron chi connectivity index (χ2n) is 11.8. The molecule has 0 aliphatic carbocycles. The number of nitro groups is 1. The van der Waals surface area contributed by atoms with Crippen LogP contribution in [-0.4, -0.2) is 42.9 Å². The predicted molar refractivity (Wildman–Crippen MR) is 146 cm³/mol. The number of rotatable bonds is 6. The van der Waals surface area contributed by atoms with Crippen molar-refractivity contribution in [2.24, 2.45) is 11.8 Å². The summed E-state index contributed by atoms with van der Waals surface area (Å²) in [6.07, 6.45) is 4.32. The van der Waals surface area contributed by atoms with Gasteiger partial charge < -0.3 is 9.16 Å². The zero-order valence-electron chi connectivity index (χ0n) is 21.5. The molecule has 2 amide bonds. The summed E-state index contributed by atoms with van der Waals surface area (Å²) in [7, 11) is -2.00. The third-order valence-corrected chi connectivity index (χ3v) is 13.2. The number of fused-ring (bicyclic) bond motifs is 6. The Balaban J connectivity index is 0.00000320. The molecule has 2 fully saturated rings. The fourth-order valence-electron chi connectivity index (χ4n) is 5.69. The largest absolute Gasteiger partial charge is 0.417 e. The Morgan fingerprint density at radius 2 is 1.68 bits per heavy atom. The molecule has 2 saturated heterocycles. The first-order chi connectivity index (χ1) is 16.7. The third kappa shape index (κ3) is 3.86. The first-order valence-corrected chi connectivity index (χ1v) is 15.2. The van der Waals surface area contributed by atoms with Gasteiger partial charge in [-0.2, -0.15) is 0 Å². The highest BCUT2D eigenvalue weighted by molar-refractivity contribution is 6.74. The first-order valence-electron chi connectivity index (χ1n) is 12.3. The molecule has 5 rings (SSSR count). The Kier molecular flexibility index (Phi) is 6.29. The van der Waals surface area contributed by atoms with Crippen LogP contribution in [0.1, 0.15) is 41.5 Å². The monoisotopic (exact) mass is 524 g/mol. The van der Waals surface area contributed by atoms with Gasteiger partial charge in [-0.3, -0.25) is 19.7 Å². The zero-order chi connectivity index (χ0) is 26.3. The van der Waals surface area contributed by atoms with Crippen molar-refractivity contribution in [3.8, 4) is 0 Å². The Hall–Kier alpha value is -2.88. The zero-order valence-corrected chi connectivity index (χ0v) is 22.5. The van der Waals surface area contributed by atoms with Crippen molar-refractivity contribution in [2.75, 3.05) is 11.5 Å². The second-order valence-corrected chi connectivity index (χ2v) is 16.6. The molecule has 2 aromatic carbocycles. The van der Waals surface area contributed by atoms with Crippen molar-refractivity contribution in [3.63, 3.8) is 0 Å². The highest BCUT2D eigenvalue weighted by atomic mass is 28.4. The number of imide groups is 1. The number of benzene rings is 2. The fourth-order valence-corrected chi connectivity index (χ4v) is 6.73. The molecule has 198 valence electrons. The van der Waals surface area contributed by atoms with Crippen LogP contribution >= 0.6 is 0 Å².